The van der Waals surface area contributed by atoms with E-state index < -0.39 is 34.3 Å². The Morgan fingerprint density at radius 1 is 0.943 bits per heavy atom. The van der Waals surface area contributed by atoms with Gasteiger partial charge in [0.1, 0.15) is 9.84 Å². The van der Waals surface area contributed by atoms with Crippen molar-refractivity contribution in [3.8, 4) is 0 Å². The molecule has 0 radical (unpaired) electrons. The molecule has 298 valence electrons. The second kappa shape index (κ2) is 13.9. The summed E-state index contributed by atoms with van der Waals surface area (Å²) in [5.41, 5.74) is 4.74. The molecule has 7 aliphatic rings. The molecule has 1 heterocycles. The Morgan fingerprint density at radius 2 is 1.66 bits per heavy atom. The quantitative estimate of drug-likeness (QED) is 0.229. The third-order valence-electron chi connectivity index (χ3n) is 18.2. The van der Waals surface area contributed by atoms with Crippen molar-refractivity contribution in [1.82, 2.24) is 10.2 Å². The van der Waals surface area contributed by atoms with Gasteiger partial charge in [0.15, 0.2) is 0 Å². The first-order chi connectivity index (χ1) is 24.8. The number of nitrogens with zero attached hydrogens (tertiary/aromatic N) is 1. The molecule has 4 saturated carbocycles. The predicted molar refractivity (Wildman–Crippen MR) is 213 cm³/mol. The van der Waals surface area contributed by atoms with Gasteiger partial charge < -0.3 is 15.3 Å². The SMILES string of the molecule is C=C(C)[C@@H]1CC[C@]2(NCCN3CCC(S(C)(=O)=O)CC3)CC[C@]3(C)[C@H](CC[C@@H]4[C@@]5(C)CC=C(C6=CC(CF)C(C(=O)O)CC6)C(C)(C)[C@@H]5CC[C@]43C)[C@@H]12. The third-order valence-corrected chi connectivity index (χ3v) is 19.9. The normalized spacial score (nSPS) is 44.5. The van der Waals surface area contributed by atoms with E-state index in [4.69, 9.17) is 0 Å². The number of sulfone groups is 1. The number of hydrogen-bond acceptors (Lipinski definition) is 5. The fraction of sp³-hybridized carbons (Fsp3) is 0.844. The summed E-state index contributed by atoms with van der Waals surface area (Å²) in [5.74, 6) is 0.985. The molecule has 53 heavy (non-hydrogen) atoms. The number of piperidine rings is 1. The molecule has 11 atom stereocenters. The Labute approximate surface area is 321 Å². The summed E-state index contributed by atoms with van der Waals surface area (Å²) in [6, 6.07) is 0. The van der Waals surface area contributed by atoms with Crippen LogP contribution in [0.5, 0.6) is 0 Å². The lowest BCUT2D eigenvalue weighted by molar-refractivity contribution is -0.221. The van der Waals surface area contributed by atoms with Gasteiger partial charge in [-0.15, -0.1) is 0 Å². The molecule has 8 heteroatoms. The van der Waals surface area contributed by atoms with Crippen molar-refractivity contribution in [3.63, 3.8) is 0 Å². The number of carbonyl (C=O) groups is 1. The molecular weight excluding hydrogens is 684 g/mol. The van der Waals surface area contributed by atoms with E-state index in [-0.39, 0.29) is 32.4 Å². The highest BCUT2D eigenvalue weighted by Crippen LogP contribution is 2.76. The predicted octanol–water partition coefficient (Wildman–Crippen LogP) is 9.04. The van der Waals surface area contributed by atoms with Crippen molar-refractivity contribution in [1.29, 1.82) is 0 Å². The minimum absolute atomic E-state index is 0.0446. The number of alkyl halides is 1. The number of aliphatic carboxylic acids is 1. The van der Waals surface area contributed by atoms with Crippen LogP contribution in [0.3, 0.4) is 0 Å². The van der Waals surface area contributed by atoms with Gasteiger partial charge in [-0.05, 0) is 166 Å². The lowest BCUT2D eigenvalue weighted by atomic mass is 9.33. The number of hydrogen-bond donors (Lipinski definition) is 2. The highest BCUT2D eigenvalue weighted by molar-refractivity contribution is 7.91. The lowest BCUT2D eigenvalue weighted by Gasteiger charge is -2.72. The van der Waals surface area contributed by atoms with E-state index in [9.17, 15) is 22.7 Å². The summed E-state index contributed by atoms with van der Waals surface area (Å²) in [4.78, 5) is 14.4. The Hall–Kier alpha value is -1.51. The highest BCUT2D eigenvalue weighted by atomic mass is 32.2. The molecule has 0 aromatic carbocycles. The van der Waals surface area contributed by atoms with Gasteiger partial charge in [0.25, 0.3) is 0 Å². The van der Waals surface area contributed by atoms with Crippen LogP contribution in [0.25, 0.3) is 0 Å². The van der Waals surface area contributed by atoms with E-state index in [1.807, 2.05) is 6.08 Å². The number of allylic oxidation sites excluding steroid dienone is 5. The summed E-state index contributed by atoms with van der Waals surface area (Å²) in [5, 5.41) is 13.8. The summed E-state index contributed by atoms with van der Waals surface area (Å²) < 4.78 is 38.4. The van der Waals surface area contributed by atoms with Crippen LogP contribution in [0.4, 0.5) is 4.39 Å². The van der Waals surface area contributed by atoms with E-state index in [0.717, 1.165) is 51.9 Å². The zero-order valence-corrected chi connectivity index (χ0v) is 34.9. The molecule has 6 aliphatic carbocycles. The number of likely N-dealkylation sites (tertiary alicyclic amines) is 1. The first-order valence-corrected chi connectivity index (χ1v) is 23.3. The number of nitrogens with one attached hydrogen (secondary N) is 1. The van der Waals surface area contributed by atoms with E-state index in [2.05, 4.69) is 64.4 Å². The highest BCUT2D eigenvalue weighted by Gasteiger charge is 2.70. The molecule has 2 unspecified atom stereocenters. The van der Waals surface area contributed by atoms with Crippen molar-refractivity contribution in [2.24, 2.45) is 63.1 Å². The van der Waals surface area contributed by atoms with Gasteiger partial charge in [0, 0.05) is 30.8 Å². The zero-order chi connectivity index (χ0) is 38.4. The van der Waals surface area contributed by atoms with Gasteiger partial charge in [-0.25, -0.2) is 8.42 Å². The minimum Gasteiger partial charge on any atom is -0.481 e. The Balaban J connectivity index is 1.12. The van der Waals surface area contributed by atoms with Crippen LogP contribution in [0, 0.1) is 63.1 Å². The summed E-state index contributed by atoms with van der Waals surface area (Å²) in [6.45, 7) is 22.9. The molecule has 0 aromatic rings. The standard InChI is InChI=1S/C45H71FN2O4S/c1-29(2)33-13-20-45(47-23-26-48-24-16-32(17-25-48)53(8,51)52)22-21-43(6)36(39(33)45)11-12-38-42(5)18-14-35(41(3,4)37(42)15-19-44(38,43)7)30-9-10-34(40(49)50)31(27-30)28-46/h14,27,31-34,36-39,47H,1,9-13,15-26,28H2,2-8H3,(H,49,50)/t31?,33-,34?,36+,37-,38+,39+,42-,43+,44+,45-/m0/s1. The van der Waals surface area contributed by atoms with E-state index >= 15 is 0 Å². The summed E-state index contributed by atoms with van der Waals surface area (Å²) in [6.07, 6.45) is 19.7. The minimum atomic E-state index is -2.96. The topological polar surface area (TPSA) is 86.7 Å². The molecule has 0 aromatic heterocycles. The maximum atomic E-state index is 14.2. The van der Waals surface area contributed by atoms with Gasteiger partial charge in [-0.2, -0.15) is 0 Å². The van der Waals surface area contributed by atoms with Crippen LogP contribution in [-0.2, 0) is 14.6 Å². The van der Waals surface area contributed by atoms with Crippen molar-refractivity contribution in [3.05, 3.63) is 35.5 Å². The zero-order valence-electron chi connectivity index (χ0n) is 34.1. The average molecular weight is 755 g/mol. The number of carboxylic acids is 1. The smallest absolute Gasteiger partial charge is 0.307 e. The first-order valence-electron chi connectivity index (χ1n) is 21.3. The number of carboxylic acid groups (broad SMARTS) is 1. The fourth-order valence-electron chi connectivity index (χ4n) is 15.3. The van der Waals surface area contributed by atoms with Gasteiger partial charge in [-0.1, -0.05) is 58.9 Å². The molecule has 7 rings (SSSR count). The van der Waals surface area contributed by atoms with E-state index in [1.54, 1.807) is 0 Å². The monoisotopic (exact) mass is 755 g/mol. The molecule has 0 amide bonds. The molecule has 0 spiro atoms. The van der Waals surface area contributed by atoms with Crippen molar-refractivity contribution in [2.75, 3.05) is 39.1 Å². The summed E-state index contributed by atoms with van der Waals surface area (Å²) >= 11 is 0. The van der Waals surface area contributed by atoms with Crippen LogP contribution >= 0.6 is 0 Å². The molecule has 0 bridgehead atoms. The van der Waals surface area contributed by atoms with Crippen LogP contribution in [0.15, 0.2) is 35.5 Å². The van der Waals surface area contributed by atoms with Gasteiger partial charge >= 0.3 is 5.97 Å². The third kappa shape index (κ3) is 6.28. The number of rotatable bonds is 9. The Bertz CT molecular complexity index is 1630. The first kappa shape index (κ1) is 39.7. The Morgan fingerprint density at radius 3 is 2.30 bits per heavy atom. The van der Waals surface area contributed by atoms with Gasteiger partial charge in [0.2, 0.25) is 0 Å². The number of halogens is 1. The molecule has 1 aliphatic heterocycles. The van der Waals surface area contributed by atoms with Crippen LogP contribution in [0.1, 0.15) is 125 Å². The number of fused-ring (bicyclic) bond motifs is 7. The average Bonchev–Trinajstić information content (AvgIpc) is 3.48. The second-order valence-corrected chi connectivity index (χ2v) is 23.0. The van der Waals surface area contributed by atoms with Crippen LogP contribution < -0.4 is 5.32 Å². The van der Waals surface area contributed by atoms with Crippen LogP contribution in [0.2, 0.25) is 0 Å². The lowest BCUT2D eigenvalue weighted by Crippen LogP contribution is -2.68. The van der Waals surface area contributed by atoms with Gasteiger partial charge in [0.05, 0.1) is 17.8 Å². The second-order valence-electron chi connectivity index (χ2n) is 20.7. The molecule has 1 saturated heterocycles. The molecule has 5 fully saturated rings. The summed E-state index contributed by atoms with van der Waals surface area (Å²) in [7, 11) is -2.96. The van der Waals surface area contributed by atoms with E-state index in [0.29, 0.717) is 36.0 Å². The Kier molecular flexibility index (Phi) is 10.4. The van der Waals surface area contributed by atoms with Crippen molar-refractivity contribution in [2.45, 2.75) is 136 Å². The van der Waals surface area contributed by atoms with Gasteiger partial charge in [-0.3, -0.25) is 9.18 Å². The van der Waals surface area contributed by atoms with E-state index in [1.165, 1.54) is 74.3 Å². The molecule has 6 nitrogen and oxygen atoms in total. The largest absolute Gasteiger partial charge is 0.481 e. The van der Waals surface area contributed by atoms with Crippen molar-refractivity contribution < 1.29 is 22.7 Å². The van der Waals surface area contributed by atoms with Crippen LogP contribution in [-0.4, -0.2) is 74.3 Å². The fourth-order valence-corrected chi connectivity index (χ4v) is 16.4. The van der Waals surface area contributed by atoms with Crippen molar-refractivity contribution >= 4 is 15.8 Å². The maximum Gasteiger partial charge on any atom is 0.307 e. The maximum absolute atomic E-state index is 14.2. The molecule has 2 N–H and O–H groups in total. The molecular formula is C45H71FN2O4S.